The highest BCUT2D eigenvalue weighted by atomic mass is 19.2. The van der Waals surface area contributed by atoms with Gasteiger partial charge in [0.15, 0.2) is 17.5 Å². The summed E-state index contributed by atoms with van der Waals surface area (Å²) in [4.78, 5) is 13.4. The zero-order valence-corrected chi connectivity index (χ0v) is 10.5. The molecule has 0 bridgehead atoms. The van der Waals surface area contributed by atoms with Gasteiger partial charge in [-0.2, -0.15) is 0 Å². The van der Waals surface area contributed by atoms with Crippen LogP contribution in [0.25, 0.3) is 0 Å². The Hall–Kier alpha value is -1.52. The molecule has 1 aromatic carbocycles. The molecule has 0 aromatic heterocycles. The summed E-state index contributed by atoms with van der Waals surface area (Å²) in [6.07, 6.45) is 1.72. The van der Waals surface area contributed by atoms with Crippen LogP contribution in [0.4, 0.5) is 13.2 Å². The van der Waals surface area contributed by atoms with Gasteiger partial charge in [0.05, 0.1) is 0 Å². The van der Waals surface area contributed by atoms with Gasteiger partial charge >= 0.3 is 0 Å². The first-order valence-corrected chi connectivity index (χ1v) is 5.95. The number of nitrogens with zero attached hydrogens (tertiary/aromatic N) is 1. The highest BCUT2D eigenvalue weighted by Crippen LogP contribution is 2.15. The lowest BCUT2D eigenvalue weighted by Gasteiger charge is -2.20. The number of hydrogen-bond acceptors (Lipinski definition) is 1. The molecule has 0 saturated heterocycles. The number of carbonyl (C=O) groups is 1. The fourth-order valence-corrected chi connectivity index (χ4v) is 1.61. The highest BCUT2D eigenvalue weighted by molar-refractivity contribution is 5.94. The average molecular weight is 259 g/mol. The van der Waals surface area contributed by atoms with Crippen molar-refractivity contribution < 1.29 is 18.0 Å². The fraction of sp³-hybridized carbons (Fsp3) is 0.462. The minimum atomic E-state index is -1.55. The quantitative estimate of drug-likeness (QED) is 0.742. The lowest BCUT2D eigenvalue weighted by Crippen LogP contribution is -2.32. The van der Waals surface area contributed by atoms with Gasteiger partial charge in [0.25, 0.3) is 5.91 Å². The minimum absolute atomic E-state index is 0.163. The molecule has 0 N–H and O–H groups in total. The van der Waals surface area contributed by atoms with E-state index in [1.54, 1.807) is 6.92 Å². The van der Waals surface area contributed by atoms with E-state index in [-0.39, 0.29) is 5.56 Å². The number of hydrogen-bond donors (Lipinski definition) is 0. The normalized spacial score (nSPS) is 10.5. The molecule has 0 saturated carbocycles. The topological polar surface area (TPSA) is 20.3 Å². The molecule has 1 aromatic rings. The number of amides is 1. The van der Waals surface area contributed by atoms with E-state index in [2.05, 4.69) is 0 Å². The van der Waals surface area contributed by atoms with Gasteiger partial charge in [0.1, 0.15) is 0 Å². The summed E-state index contributed by atoms with van der Waals surface area (Å²) in [5.41, 5.74) is -0.163. The Kier molecular flexibility index (Phi) is 5.19. The third-order valence-electron chi connectivity index (χ3n) is 2.68. The number of halogens is 3. The van der Waals surface area contributed by atoms with Crippen molar-refractivity contribution in [1.29, 1.82) is 0 Å². The van der Waals surface area contributed by atoms with Crippen LogP contribution in [0.2, 0.25) is 0 Å². The largest absolute Gasteiger partial charge is 0.339 e. The number of carbonyl (C=O) groups excluding carboxylic acids is 1. The Balaban J connectivity index is 2.95. The van der Waals surface area contributed by atoms with Gasteiger partial charge in [-0.25, -0.2) is 13.2 Å². The third-order valence-corrected chi connectivity index (χ3v) is 2.68. The Labute approximate surface area is 104 Å². The molecule has 0 aliphatic heterocycles. The van der Waals surface area contributed by atoms with Crippen molar-refractivity contribution in [3.05, 3.63) is 35.1 Å². The Morgan fingerprint density at radius 2 is 1.72 bits per heavy atom. The molecule has 5 heteroatoms. The van der Waals surface area contributed by atoms with Gasteiger partial charge in [-0.05, 0) is 25.5 Å². The molecular weight excluding hydrogens is 243 g/mol. The van der Waals surface area contributed by atoms with Gasteiger partial charge < -0.3 is 4.90 Å². The van der Waals surface area contributed by atoms with Gasteiger partial charge in [0.2, 0.25) is 0 Å². The Bertz CT molecular complexity index is 411. The predicted octanol–water partition coefficient (Wildman–Crippen LogP) is 3.37. The van der Waals surface area contributed by atoms with E-state index in [1.165, 1.54) is 4.90 Å². The maximum absolute atomic E-state index is 13.0. The molecule has 1 amide bonds. The second-order valence-electron chi connectivity index (χ2n) is 3.99. The van der Waals surface area contributed by atoms with Crippen LogP contribution in [0.1, 0.15) is 37.0 Å². The SMILES string of the molecule is CCCCN(CC)C(=O)c1cc(F)c(F)c(F)c1. The summed E-state index contributed by atoms with van der Waals surface area (Å²) in [5, 5.41) is 0. The molecule has 0 unspecified atom stereocenters. The second kappa shape index (κ2) is 6.42. The van der Waals surface area contributed by atoms with E-state index in [0.29, 0.717) is 13.1 Å². The van der Waals surface area contributed by atoms with Crippen molar-refractivity contribution in [3.8, 4) is 0 Å². The van der Waals surface area contributed by atoms with Gasteiger partial charge in [-0.3, -0.25) is 4.79 Å². The van der Waals surface area contributed by atoms with Crippen molar-refractivity contribution in [2.24, 2.45) is 0 Å². The van der Waals surface area contributed by atoms with Crippen LogP contribution in [-0.4, -0.2) is 23.9 Å². The molecule has 0 spiro atoms. The lowest BCUT2D eigenvalue weighted by molar-refractivity contribution is 0.0761. The number of benzene rings is 1. The molecule has 0 aliphatic rings. The molecule has 100 valence electrons. The van der Waals surface area contributed by atoms with E-state index in [4.69, 9.17) is 0 Å². The summed E-state index contributed by atoms with van der Waals surface area (Å²) in [5.74, 6) is -4.72. The first kappa shape index (κ1) is 14.5. The third kappa shape index (κ3) is 3.24. The van der Waals surface area contributed by atoms with E-state index in [1.807, 2.05) is 6.92 Å². The van der Waals surface area contributed by atoms with E-state index >= 15 is 0 Å². The fourth-order valence-electron chi connectivity index (χ4n) is 1.61. The van der Waals surface area contributed by atoms with Crippen LogP contribution in [0, 0.1) is 17.5 Å². The van der Waals surface area contributed by atoms with Gasteiger partial charge in [-0.15, -0.1) is 0 Å². The average Bonchev–Trinajstić information content (AvgIpc) is 2.36. The highest BCUT2D eigenvalue weighted by Gasteiger charge is 2.18. The molecule has 0 radical (unpaired) electrons. The first-order valence-electron chi connectivity index (χ1n) is 5.95. The van der Waals surface area contributed by atoms with Crippen LogP contribution >= 0.6 is 0 Å². The molecule has 0 heterocycles. The summed E-state index contributed by atoms with van der Waals surface area (Å²) in [6, 6.07) is 1.46. The summed E-state index contributed by atoms with van der Waals surface area (Å²) < 4.78 is 38.9. The number of unbranched alkanes of at least 4 members (excludes halogenated alkanes) is 1. The maximum Gasteiger partial charge on any atom is 0.254 e. The standard InChI is InChI=1S/C13H16F3NO/c1-3-5-6-17(4-2)13(18)9-7-10(14)12(16)11(15)8-9/h7-8H,3-6H2,1-2H3. The molecule has 0 fully saturated rings. The molecule has 1 rings (SSSR count). The molecule has 18 heavy (non-hydrogen) atoms. The van der Waals surface area contributed by atoms with E-state index in [9.17, 15) is 18.0 Å². The smallest absolute Gasteiger partial charge is 0.254 e. The van der Waals surface area contributed by atoms with E-state index < -0.39 is 23.4 Å². The molecular formula is C13H16F3NO. The zero-order chi connectivity index (χ0) is 13.7. The molecule has 0 atom stereocenters. The van der Waals surface area contributed by atoms with Crippen molar-refractivity contribution in [2.45, 2.75) is 26.7 Å². The maximum atomic E-state index is 13.0. The monoisotopic (exact) mass is 259 g/mol. The van der Waals surface area contributed by atoms with Crippen molar-refractivity contribution in [3.63, 3.8) is 0 Å². The lowest BCUT2D eigenvalue weighted by atomic mass is 10.1. The summed E-state index contributed by atoms with van der Waals surface area (Å²) in [6.45, 7) is 4.73. The van der Waals surface area contributed by atoms with Crippen molar-refractivity contribution in [1.82, 2.24) is 4.90 Å². The second-order valence-corrected chi connectivity index (χ2v) is 3.99. The van der Waals surface area contributed by atoms with Crippen molar-refractivity contribution >= 4 is 5.91 Å². The minimum Gasteiger partial charge on any atom is -0.339 e. The van der Waals surface area contributed by atoms with Crippen LogP contribution in [-0.2, 0) is 0 Å². The van der Waals surface area contributed by atoms with Crippen molar-refractivity contribution in [2.75, 3.05) is 13.1 Å². The van der Waals surface area contributed by atoms with Crippen LogP contribution < -0.4 is 0 Å². The van der Waals surface area contributed by atoms with Crippen LogP contribution in [0.5, 0.6) is 0 Å². The first-order chi connectivity index (χ1) is 8.51. The number of rotatable bonds is 5. The van der Waals surface area contributed by atoms with Gasteiger partial charge in [-0.1, -0.05) is 13.3 Å². The summed E-state index contributed by atoms with van der Waals surface area (Å²) >= 11 is 0. The Morgan fingerprint density at radius 1 is 1.17 bits per heavy atom. The van der Waals surface area contributed by atoms with Gasteiger partial charge in [0, 0.05) is 18.7 Å². The predicted molar refractivity (Wildman–Crippen MR) is 62.8 cm³/mol. The van der Waals surface area contributed by atoms with Crippen LogP contribution in [0.15, 0.2) is 12.1 Å². The zero-order valence-electron chi connectivity index (χ0n) is 10.5. The molecule has 2 nitrogen and oxygen atoms in total. The summed E-state index contributed by atoms with van der Waals surface area (Å²) in [7, 11) is 0. The van der Waals surface area contributed by atoms with Crippen LogP contribution in [0.3, 0.4) is 0 Å². The van der Waals surface area contributed by atoms with E-state index in [0.717, 1.165) is 25.0 Å². The Morgan fingerprint density at radius 3 is 2.17 bits per heavy atom. The molecule has 0 aliphatic carbocycles.